The van der Waals surface area contributed by atoms with Gasteiger partial charge in [-0.2, -0.15) is 0 Å². The van der Waals surface area contributed by atoms with Crippen molar-refractivity contribution in [1.82, 2.24) is 9.97 Å². The standard InChI is InChI=1S/C23H20ClN3O2S2/c1-29-18-7-10-21-20(14-18)26-23(31-21)27(15-17-4-2-3-12-25-17)22(28)11-13-30-19-8-5-16(24)6-9-19/h2-10,12,14H,11,13,15H2,1H3. The van der Waals surface area contributed by atoms with Crippen molar-refractivity contribution in [2.45, 2.75) is 17.9 Å². The van der Waals surface area contributed by atoms with E-state index < -0.39 is 0 Å². The van der Waals surface area contributed by atoms with E-state index in [1.807, 2.05) is 60.7 Å². The van der Waals surface area contributed by atoms with Crippen molar-refractivity contribution in [1.29, 1.82) is 0 Å². The van der Waals surface area contributed by atoms with Crippen LogP contribution >= 0.6 is 34.7 Å². The van der Waals surface area contributed by atoms with E-state index in [1.54, 1.807) is 30.0 Å². The third kappa shape index (κ3) is 5.55. The zero-order chi connectivity index (χ0) is 21.6. The molecule has 31 heavy (non-hydrogen) atoms. The van der Waals surface area contributed by atoms with Gasteiger partial charge in [-0.1, -0.05) is 29.0 Å². The van der Waals surface area contributed by atoms with E-state index in [-0.39, 0.29) is 5.91 Å². The Bertz CT molecular complexity index is 1170. The zero-order valence-corrected chi connectivity index (χ0v) is 19.2. The van der Waals surface area contributed by atoms with Crippen LogP contribution in [0.2, 0.25) is 5.02 Å². The molecule has 0 aliphatic rings. The van der Waals surface area contributed by atoms with E-state index in [4.69, 9.17) is 21.3 Å². The minimum absolute atomic E-state index is 0.0122. The maximum absolute atomic E-state index is 13.2. The number of amides is 1. The Kier molecular flexibility index (Phi) is 7.06. The highest BCUT2D eigenvalue weighted by molar-refractivity contribution is 7.99. The van der Waals surface area contributed by atoms with Crippen molar-refractivity contribution >= 4 is 56.0 Å². The molecule has 5 nitrogen and oxygen atoms in total. The summed E-state index contributed by atoms with van der Waals surface area (Å²) >= 11 is 9.07. The van der Waals surface area contributed by atoms with Gasteiger partial charge in [-0.25, -0.2) is 4.98 Å². The maximum atomic E-state index is 13.2. The Labute approximate surface area is 194 Å². The van der Waals surface area contributed by atoms with Gasteiger partial charge in [0.15, 0.2) is 5.13 Å². The summed E-state index contributed by atoms with van der Waals surface area (Å²) in [5.41, 5.74) is 1.63. The molecule has 0 spiro atoms. The lowest BCUT2D eigenvalue weighted by molar-refractivity contribution is -0.118. The first-order valence-corrected chi connectivity index (χ1v) is 11.8. The summed E-state index contributed by atoms with van der Waals surface area (Å²) in [7, 11) is 1.63. The number of anilines is 1. The van der Waals surface area contributed by atoms with E-state index in [9.17, 15) is 4.79 Å². The van der Waals surface area contributed by atoms with Gasteiger partial charge in [0.2, 0.25) is 5.91 Å². The van der Waals surface area contributed by atoms with E-state index in [1.165, 1.54) is 11.3 Å². The number of thioether (sulfide) groups is 1. The number of hydrogen-bond acceptors (Lipinski definition) is 6. The summed E-state index contributed by atoms with van der Waals surface area (Å²) in [6.07, 6.45) is 2.12. The Morgan fingerprint density at radius 1 is 1.16 bits per heavy atom. The van der Waals surface area contributed by atoms with E-state index >= 15 is 0 Å². The van der Waals surface area contributed by atoms with Crippen molar-refractivity contribution in [3.8, 4) is 5.75 Å². The van der Waals surface area contributed by atoms with E-state index in [2.05, 4.69) is 4.98 Å². The van der Waals surface area contributed by atoms with Gasteiger partial charge in [-0.3, -0.25) is 14.7 Å². The molecule has 2 aromatic heterocycles. The summed E-state index contributed by atoms with van der Waals surface area (Å²) < 4.78 is 6.31. The molecule has 0 N–H and O–H groups in total. The molecule has 8 heteroatoms. The van der Waals surface area contributed by atoms with Crippen LogP contribution in [0.4, 0.5) is 5.13 Å². The number of rotatable bonds is 8. The molecule has 2 aromatic carbocycles. The van der Waals surface area contributed by atoms with Crippen molar-refractivity contribution in [3.05, 3.63) is 77.6 Å². The van der Waals surface area contributed by atoms with Crippen molar-refractivity contribution < 1.29 is 9.53 Å². The predicted octanol–water partition coefficient (Wildman–Crippen LogP) is 6.07. The van der Waals surface area contributed by atoms with Crippen LogP contribution in [0.3, 0.4) is 0 Å². The lowest BCUT2D eigenvalue weighted by Crippen LogP contribution is -2.30. The van der Waals surface area contributed by atoms with Crippen LogP contribution in [0.15, 0.2) is 71.8 Å². The normalized spacial score (nSPS) is 10.9. The number of hydrogen-bond donors (Lipinski definition) is 0. The molecule has 0 unspecified atom stereocenters. The maximum Gasteiger partial charge on any atom is 0.229 e. The van der Waals surface area contributed by atoms with Crippen LogP contribution in [0, 0.1) is 0 Å². The van der Waals surface area contributed by atoms with Gasteiger partial charge in [-0.15, -0.1) is 11.8 Å². The average molecular weight is 470 g/mol. The van der Waals surface area contributed by atoms with Gasteiger partial charge < -0.3 is 4.74 Å². The second-order valence-corrected chi connectivity index (χ2v) is 9.30. The third-order valence-electron chi connectivity index (χ3n) is 4.56. The zero-order valence-electron chi connectivity index (χ0n) is 16.8. The summed E-state index contributed by atoms with van der Waals surface area (Å²) in [6, 6.07) is 19.1. The van der Waals surface area contributed by atoms with Gasteiger partial charge in [0.1, 0.15) is 5.75 Å². The van der Waals surface area contributed by atoms with Crippen molar-refractivity contribution in [2.24, 2.45) is 0 Å². The van der Waals surface area contributed by atoms with Gasteiger partial charge >= 0.3 is 0 Å². The first-order valence-electron chi connectivity index (χ1n) is 9.65. The summed E-state index contributed by atoms with van der Waals surface area (Å²) in [4.78, 5) is 25.1. The molecular formula is C23H20ClN3O2S2. The van der Waals surface area contributed by atoms with E-state index in [0.717, 1.165) is 26.6 Å². The number of halogens is 1. The molecule has 158 valence electrons. The number of aromatic nitrogens is 2. The van der Waals surface area contributed by atoms with E-state index in [0.29, 0.717) is 28.9 Å². The quantitative estimate of drug-likeness (QED) is 0.293. The number of carbonyl (C=O) groups is 1. The fourth-order valence-corrected chi connectivity index (χ4v) is 4.90. The second-order valence-electron chi connectivity index (χ2n) is 6.68. The number of thiazole rings is 1. The Hall–Kier alpha value is -2.61. The number of benzene rings is 2. The van der Waals surface area contributed by atoms with Crippen LogP contribution in [-0.2, 0) is 11.3 Å². The highest BCUT2D eigenvalue weighted by Crippen LogP contribution is 2.32. The van der Waals surface area contributed by atoms with Crippen molar-refractivity contribution in [2.75, 3.05) is 17.8 Å². The number of ether oxygens (including phenoxy) is 1. The molecule has 0 saturated heterocycles. The average Bonchev–Trinajstić information content (AvgIpc) is 3.22. The summed E-state index contributed by atoms with van der Waals surface area (Å²) in [5, 5.41) is 1.37. The number of fused-ring (bicyclic) bond motifs is 1. The van der Waals surface area contributed by atoms with Crippen LogP contribution in [0.5, 0.6) is 5.75 Å². The molecule has 4 aromatic rings. The van der Waals surface area contributed by atoms with Gasteiger partial charge in [0.25, 0.3) is 0 Å². The Balaban J connectivity index is 1.53. The van der Waals surface area contributed by atoms with Gasteiger partial charge in [0, 0.05) is 34.4 Å². The van der Waals surface area contributed by atoms with Crippen LogP contribution in [-0.4, -0.2) is 28.7 Å². The number of pyridine rings is 1. The molecular weight excluding hydrogens is 450 g/mol. The molecule has 0 radical (unpaired) electrons. The van der Waals surface area contributed by atoms with Crippen LogP contribution < -0.4 is 9.64 Å². The smallest absolute Gasteiger partial charge is 0.229 e. The monoisotopic (exact) mass is 469 g/mol. The molecule has 0 fully saturated rings. The number of carbonyl (C=O) groups excluding carboxylic acids is 1. The van der Waals surface area contributed by atoms with Crippen LogP contribution in [0.1, 0.15) is 12.1 Å². The lowest BCUT2D eigenvalue weighted by atomic mass is 10.3. The molecule has 1 amide bonds. The first kappa shape index (κ1) is 21.6. The summed E-state index contributed by atoms with van der Waals surface area (Å²) in [6.45, 7) is 0.377. The highest BCUT2D eigenvalue weighted by atomic mass is 35.5. The Morgan fingerprint density at radius 2 is 2.00 bits per heavy atom. The molecule has 2 heterocycles. The predicted molar refractivity (Wildman–Crippen MR) is 128 cm³/mol. The van der Waals surface area contributed by atoms with Crippen LogP contribution in [0.25, 0.3) is 10.2 Å². The number of nitrogens with zero attached hydrogens (tertiary/aromatic N) is 3. The summed E-state index contributed by atoms with van der Waals surface area (Å²) in [5.74, 6) is 1.42. The Morgan fingerprint density at radius 3 is 2.74 bits per heavy atom. The highest BCUT2D eigenvalue weighted by Gasteiger charge is 2.21. The molecule has 4 rings (SSSR count). The van der Waals surface area contributed by atoms with Crippen molar-refractivity contribution in [3.63, 3.8) is 0 Å². The van der Waals surface area contributed by atoms with Gasteiger partial charge in [-0.05, 0) is 48.5 Å². The van der Waals surface area contributed by atoms with Gasteiger partial charge in [0.05, 0.1) is 29.6 Å². The lowest BCUT2D eigenvalue weighted by Gasteiger charge is -2.19. The molecule has 0 saturated carbocycles. The minimum Gasteiger partial charge on any atom is -0.497 e. The molecule has 0 aliphatic carbocycles. The number of methoxy groups -OCH3 is 1. The molecule has 0 bridgehead atoms. The first-order chi connectivity index (χ1) is 15.1. The SMILES string of the molecule is COc1ccc2sc(N(Cc3ccccn3)C(=O)CCSc3ccc(Cl)cc3)nc2c1. The second kappa shape index (κ2) is 10.1. The molecule has 0 atom stereocenters. The largest absolute Gasteiger partial charge is 0.497 e. The molecule has 0 aliphatic heterocycles. The fourth-order valence-electron chi connectivity index (χ4n) is 2.98. The topological polar surface area (TPSA) is 55.3 Å². The minimum atomic E-state index is 0.0122. The third-order valence-corrected chi connectivity index (χ3v) is 6.89. The fraction of sp³-hybridized carbons (Fsp3) is 0.174.